The standard InChI is InChI=1S/C20H16N4O/c25-20(21-13-19-23-16-9-4-5-10-17(16)24-19)18-12-6-11-15(22-18)14-7-2-1-3-8-14/h1-12H,13H2,(H,21,25)(H,23,24). The molecule has 5 heteroatoms. The third-order valence-corrected chi connectivity index (χ3v) is 3.91. The van der Waals surface area contributed by atoms with Crippen LogP contribution in [0.2, 0.25) is 0 Å². The number of aromatic nitrogens is 3. The van der Waals surface area contributed by atoms with Crippen molar-refractivity contribution in [1.82, 2.24) is 20.3 Å². The van der Waals surface area contributed by atoms with Gasteiger partial charge in [0.2, 0.25) is 0 Å². The Kier molecular flexibility index (Phi) is 3.96. The van der Waals surface area contributed by atoms with Crippen molar-refractivity contribution < 1.29 is 4.79 Å². The Labute approximate surface area is 144 Å². The minimum atomic E-state index is -0.224. The number of carbonyl (C=O) groups excluding carboxylic acids is 1. The first-order valence-electron chi connectivity index (χ1n) is 8.04. The number of pyridine rings is 1. The molecule has 5 nitrogen and oxygen atoms in total. The second-order valence-corrected chi connectivity index (χ2v) is 5.66. The molecule has 0 unspecified atom stereocenters. The maximum atomic E-state index is 12.4. The summed E-state index contributed by atoms with van der Waals surface area (Å²) >= 11 is 0. The summed E-state index contributed by atoms with van der Waals surface area (Å²) < 4.78 is 0. The molecule has 2 heterocycles. The average molecular weight is 328 g/mol. The summed E-state index contributed by atoms with van der Waals surface area (Å²) in [7, 11) is 0. The van der Waals surface area contributed by atoms with Gasteiger partial charge in [0.1, 0.15) is 11.5 Å². The Morgan fingerprint density at radius 3 is 2.52 bits per heavy atom. The van der Waals surface area contributed by atoms with Crippen LogP contribution in [-0.4, -0.2) is 20.9 Å². The van der Waals surface area contributed by atoms with Gasteiger partial charge < -0.3 is 10.3 Å². The molecule has 4 rings (SSSR count). The van der Waals surface area contributed by atoms with Gasteiger partial charge in [-0.3, -0.25) is 4.79 Å². The molecule has 0 saturated carbocycles. The first-order chi connectivity index (χ1) is 12.3. The zero-order valence-electron chi connectivity index (χ0n) is 13.4. The Bertz CT molecular complexity index is 991. The number of hydrogen-bond donors (Lipinski definition) is 2. The number of benzene rings is 2. The van der Waals surface area contributed by atoms with E-state index in [9.17, 15) is 4.79 Å². The normalized spacial score (nSPS) is 10.7. The van der Waals surface area contributed by atoms with Crippen LogP contribution in [0, 0.1) is 0 Å². The number of hydrogen-bond acceptors (Lipinski definition) is 3. The lowest BCUT2D eigenvalue weighted by molar-refractivity contribution is 0.0945. The highest BCUT2D eigenvalue weighted by Gasteiger charge is 2.10. The fourth-order valence-electron chi connectivity index (χ4n) is 2.67. The van der Waals surface area contributed by atoms with E-state index in [1.54, 1.807) is 6.07 Å². The van der Waals surface area contributed by atoms with Crippen LogP contribution >= 0.6 is 0 Å². The highest BCUT2D eigenvalue weighted by Crippen LogP contribution is 2.16. The summed E-state index contributed by atoms with van der Waals surface area (Å²) in [6.45, 7) is 0.324. The van der Waals surface area contributed by atoms with Crippen molar-refractivity contribution in [3.8, 4) is 11.3 Å². The number of aromatic amines is 1. The van der Waals surface area contributed by atoms with Crippen molar-refractivity contribution in [2.45, 2.75) is 6.54 Å². The summed E-state index contributed by atoms with van der Waals surface area (Å²) in [5, 5.41) is 2.86. The maximum absolute atomic E-state index is 12.4. The minimum Gasteiger partial charge on any atom is -0.343 e. The Balaban J connectivity index is 1.49. The van der Waals surface area contributed by atoms with Crippen LogP contribution < -0.4 is 5.32 Å². The first kappa shape index (κ1) is 15.1. The molecule has 2 N–H and O–H groups in total. The Morgan fingerprint density at radius 2 is 1.68 bits per heavy atom. The number of H-pyrrole nitrogens is 1. The fraction of sp³-hybridized carbons (Fsp3) is 0.0500. The van der Waals surface area contributed by atoms with Crippen LogP contribution in [0.1, 0.15) is 16.3 Å². The van der Waals surface area contributed by atoms with Crippen LogP contribution in [0.15, 0.2) is 72.8 Å². The van der Waals surface area contributed by atoms with Gasteiger partial charge in [-0.05, 0) is 24.3 Å². The molecule has 0 saturated heterocycles. The second-order valence-electron chi connectivity index (χ2n) is 5.66. The van der Waals surface area contributed by atoms with Crippen molar-refractivity contribution in [2.24, 2.45) is 0 Å². The monoisotopic (exact) mass is 328 g/mol. The molecule has 4 aromatic rings. The molecule has 0 aliphatic rings. The largest absolute Gasteiger partial charge is 0.343 e. The van der Waals surface area contributed by atoms with Crippen molar-refractivity contribution in [3.63, 3.8) is 0 Å². The summed E-state index contributed by atoms with van der Waals surface area (Å²) in [6, 6.07) is 23.0. The molecule has 122 valence electrons. The van der Waals surface area contributed by atoms with E-state index in [0.717, 1.165) is 22.3 Å². The highest BCUT2D eigenvalue weighted by molar-refractivity contribution is 5.92. The number of nitrogens with one attached hydrogen (secondary N) is 2. The summed E-state index contributed by atoms with van der Waals surface area (Å²) in [5.74, 6) is 0.493. The van der Waals surface area contributed by atoms with Gasteiger partial charge in [0.05, 0.1) is 23.3 Å². The average Bonchev–Trinajstić information content (AvgIpc) is 3.10. The van der Waals surface area contributed by atoms with E-state index in [1.165, 1.54) is 0 Å². The second kappa shape index (κ2) is 6.57. The molecule has 0 atom stereocenters. The van der Waals surface area contributed by atoms with E-state index < -0.39 is 0 Å². The molecular formula is C20H16N4O. The molecule has 2 aromatic heterocycles. The highest BCUT2D eigenvalue weighted by atomic mass is 16.1. The van der Waals surface area contributed by atoms with Crippen molar-refractivity contribution in [2.75, 3.05) is 0 Å². The lowest BCUT2D eigenvalue weighted by atomic mass is 10.1. The molecule has 0 aliphatic heterocycles. The quantitative estimate of drug-likeness (QED) is 0.602. The Morgan fingerprint density at radius 1 is 0.880 bits per heavy atom. The third kappa shape index (κ3) is 3.26. The molecule has 25 heavy (non-hydrogen) atoms. The molecule has 0 aliphatic carbocycles. The predicted molar refractivity (Wildman–Crippen MR) is 96.9 cm³/mol. The van der Waals surface area contributed by atoms with E-state index in [-0.39, 0.29) is 5.91 Å². The summed E-state index contributed by atoms with van der Waals surface area (Å²) in [5.41, 5.74) is 3.98. The lowest BCUT2D eigenvalue weighted by Gasteiger charge is -2.05. The molecule has 1 amide bonds. The number of imidazole rings is 1. The topological polar surface area (TPSA) is 70.7 Å². The van der Waals surface area contributed by atoms with E-state index in [2.05, 4.69) is 20.3 Å². The van der Waals surface area contributed by atoms with Crippen molar-refractivity contribution >= 4 is 16.9 Å². The van der Waals surface area contributed by atoms with Crippen LogP contribution in [-0.2, 0) is 6.54 Å². The van der Waals surface area contributed by atoms with E-state index in [1.807, 2.05) is 66.7 Å². The van der Waals surface area contributed by atoms with Gasteiger partial charge in [0, 0.05) is 5.56 Å². The fourth-order valence-corrected chi connectivity index (χ4v) is 2.67. The number of fused-ring (bicyclic) bond motifs is 1. The van der Waals surface area contributed by atoms with Gasteiger partial charge in [-0.1, -0.05) is 48.5 Å². The zero-order valence-corrected chi connectivity index (χ0v) is 13.4. The van der Waals surface area contributed by atoms with Crippen LogP contribution in [0.25, 0.3) is 22.3 Å². The number of rotatable bonds is 4. The maximum Gasteiger partial charge on any atom is 0.270 e. The number of amides is 1. The van der Waals surface area contributed by atoms with E-state index in [0.29, 0.717) is 18.1 Å². The van der Waals surface area contributed by atoms with E-state index in [4.69, 9.17) is 0 Å². The van der Waals surface area contributed by atoms with Gasteiger partial charge in [-0.25, -0.2) is 9.97 Å². The molecule has 0 bridgehead atoms. The van der Waals surface area contributed by atoms with Gasteiger partial charge in [0.25, 0.3) is 5.91 Å². The molecule has 0 spiro atoms. The summed E-state index contributed by atoms with van der Waals surface area (Å²) in [6.07, 6.45) is 0. The minimum absolute atomic E-state index is 0.224. The first-order valence-corrected chi connectivity index (χ1v) is 8.04. The molecular weight excluding hydrogens is 312 g/mol. The summed E-state index contributed by atoms with van der Waals surface area (Å²) in [4.78, 5) is 24.5. The van der Waals surface area contributed by atoms with Crippen LogP contribution in [0.3, 0.4) is 0 Å². The smallest absolute Gasteiger partial charge is 0.270 e. The molecule has 0 radical (unpaired) electrons. The predicted octanol–water partition coefficient (Wildman–Crippen LogP) is 3.55. The van der Waals surface area contributed by atoms with Gasteiger partial charge in [0.15, 0.2) is 0 Å². The van der Waals surface area contributed by atoms with Crippen LogP contribution in [0.5, 0.6) is 0 Å². The third-order valence-electron chi connectivity index (χ3n) is 3.91. The zero-order chi connectivity index (χ0) is 17.1. The van der Waals surface area contributed by atoms with Gasteiger partial charge >= 0.3 is 0 Å². The molecule has 2 aromatic carbocycles. The lowest BCUT2D eigenvalue weighted by Crippen LogP contribution is -2.24. The van der Waals surface area contributed by atoms with Crippen molar-refractivity contribution in [1.29, 1.82) is 0 Å². The molecule has 0 fully saturated rings. The number of nitrogens with zero attached hydrogens (tertiary/aromatic N) is 2. The Hall–Kier alpha value is -3.47. The van der Waals surface area contributed by atoms with Gasteiger partial charge in [-0.15, -0.1) is 0 Å². The SMILES string of the molecule is O=C(NCc1nc2ccccc2[nH]1)c1cccc(-c2ccccc2)n1. The van der Waals surface area contributed by atoms with Crippen LogP contribution in [0.4, 0.5) is 0 Å². The van der Waals surface area contributed by atoms with Crippen molar-refractivity contribution in [3.05, 3.63) is 84.3 Å². The number of para-hydroxylation sites is 2. The number of carbonyl (C=O) groups is 1. The van der Waals surface area contributed by atoms with E-state index >= 15 is 0 Å². The van der Waals surface area contributed by atoms with Gasteiger partial charge in [-0.2, -0.15) is 0 Å².